The lowest BCUT2D eigenvalue weighted by Crippen LogP contribution is -2.47. The molecule has 0 nitrogen and oxygen atoms in total. The lowest BCUT2D eigenvalue weighted by molar-refractivity contribution is 0.607. The van der Waals surface area contributed by atoms with Gasteiger partial charge in [-0.25, -0.2) is 0 Å². The van der Waals surface area contributed by atoms with Gasteiger partial charge in [0.1, 0.15) is 0 Å². The summed E-state index contributed by atoms with van der Waals surface area (Å²) in [4.78, 5) is 2.73. The van der Waals surface area contributed by atoms with Crippen molar-refractivity contribution in [2.45, 2.75) is 42.6 Å². The van der Waals surface area contributed by atoms with E-state index in [4.69, 9.17) is 0 Å². The molecule has 37 heavy (non-hydrogen) atoms. The second-order valence-electron chi connectivity index (χ2n) is 10.3. The van der Waals surface area contributed by atoms with Crippen LogP contribution in [0.3, 0.4) is 0 Å². The van der Waals surface area contributed by atoms with Crippen molar-refractivity contribution in [1.29, 1.82) is 0 Å². The van der Waals surface area contributed by atoms with Crippen LogP contribution < -0.4 is 0 Å². The molecule has 0 bridgehead atoms. The Balaban J connectivity index is 1.24. The molecule has 6 rings (SSSR count). The normalized spacial score (nSPS) is 27.1. The number of rotatable bonds is 6. The fourth-order valence-corrected chi connectivity index (χ4v) is 8.96. The molecule has 2 unspecified atom stereocenters. The summed E-state index contributed by atoms with van der Waals surface area (Å²) in [7, 11) is 0. The quantitative estimate of drug-likeness (QED) is 0.350. The molecule has 2 aromatic carbocycles. The van der Waals surface area contributed by atoms with Gasteiger partial charge in [-0.2, -0.15) is 0 Å². The fraction of sp³-hybridized carbons (Fsp3) is 0.200. The minimum Gasteiger partial charge on any atom is -0.113 e. The molecule has 1 saturated carbocycles. The Labute approximate surface area is 230 Å². The van der Waals surface area contributed by atoms with Crippen LogP contribution in [-0.2, 0) is 0 Å². The first-order valence-electron chi connectivity index (χ1n) is 13.2. The van der Waals surface area contributed by atoms with E-state index in [2.05, 4.69) is 159 Å². The molecule has 0 N–H and O–H groups in total. The molecule has 0 spiro atoms. The van der Waals surface area contributed by atoms with Crippen LogP contribution in [0.5, 0.6) is 0 Å². The van der Waals surface area contributed by atoms with E-state index in [9.17, 15) is 0 Å². The topological polar surface area (TPSA) is 0 Å². The van der Waals surface area contributed by atoms with Crippen molar-refractivity contribution < 1.29 is 0 Å². The lowest BCUT2D eigenvalue weighted by Gasteiger charge is -2.47. The van der Waals surface area contributed by atoms with Gasteiger partial charge in [0.2, 0.25) is 0 Å². The highest BCUT2D eigenvalue weighted by Gasteiger charge is 2.58. The first kappa shape index (κ1) is 24.4. The predicted molar refractivity (Wildman–Crippen MR) is 165 cm³/mol. The first-order chi connectivity index (χ1) is 18.1. The van der Waals surface area contributed by atoms with E-state index < -0.39 is 0 Å². The van der Waals surface area contributed by atoms with Crippen molar-refractivity contribution in [3.05, 3.63) is 153 Å². The summed E-state index contributed by atoms with van der Waals surface area (Å²) in [5, 5.41) is 0. The Hall–Kier alpha value is -2.94. The second kappa shape index (κ2) is 10.1. The van der Waals surface area contributed by atoms with E-state index in [0.717, 1.165) is 0 Å². The van der Waals surface area contributed by atoms with Crippen molar-refractivity contribution >= 4 is 35.7 Å². The molecule has 2 aliphatic heterocycles. The van der Waals surface area contributed by atoms with Crippen LogP contribution >= 0.6 is 23.5 Å². The molecule has 0 aromatic heterocycles. The molecule has 2 heteroatoms. The van der Waals surface area contributed by atoms with Crippen LogP contribution in [0.15, 0.2) is 141 Å². The summed E-state index contributed by atoms with van der Waals surface area (Å²) in [5.74, 6) is 0. The van der Waals surface area contributed by atoms with E-state index >= 15 is 0 Å². The van der Waals surface area contributed by atoms with Gasteiger partial charge in [0.25, 0.3) is 0 Å². The zero-order chi connectivity index (χ0) is 25.3. The molecule has 0 saturated heterocycles. The molecular weight excluding hydrogens is 485 g/mol. The van der Waals surface area contributed by atoms with Gasteiger partial charge < -0.3 is 0 Å². The standard InChI is InChI=1S/C35H32S2/c1-34-32(24-28(36-34)20-11-9-18-26-14-5-3-6-15-26)30-22-13-23-31(30)33-25-29(37-35(33,34)2)21-12-10-19-27-16-7-4-8-17-27/h3-12,14-21,24-25H,13,22-23H2,1-2H3/b18-9+,19-10+,20-11-,21-12+. The molecule has 184 valence electrons. The zero-order valence-electron chi connectivity index (χ0n) is 21.5. The molecule has 2 atom stereocenters. The van der Waals surface area contributed by atoms with Gasteiger partial charge in [0, 0.05) is 9.81 Å². The summed E-state index contributed by atoms with van der Waals surface area (Å²) in [6.45, 7) is 4.96. The summed E-state index contributed by atoms with van der Waals surface area (Å²) >= 11 is 4.10. The zero-order valence-corrected chi connectivity index (χ0v) is 23.1. The third-order valence-corrected chi connectivity index (χ3v) is 11.1. The molecule has 0 radical (unpaired) electrons. The van der Waals surface area contributed by atoms with Crippen LogP contribution in [0.1, 0.15) is 44.2 Å². The summed E-state index contributed by atoms with van der Waals surface area (Å²) in [6, 6.07) is 21.0. The Kier molecular flexibility index (Phi) is 6.65. The largest absolute Gasteiger partial charge is 0.113 e. The number of thioether (sulfide) groups is 2. The smallest absolute Gasteiger partial charge is 0.0618 e. The Morgan fingerprint density at radius 2 is 0.973 bits per heavy atom. The number of allylic oxidation sites excluding steroid dienone is 10. The van der Waals surface area contributed by atoms with Crippen LogP contribution in [0, 0.1) is 0 Å². The van der Waals surface area contributed by atoms with Gasteiger partial charge in [-0.15, -0.1) is 23.5 Å². The maximum atomic E-state index is 2.48. The van der Waals surface area contributed by atoms with Crippen LogP contribution in [0.2, 0.25) is 0 Å². The minimum atomic E-state index is 0.0327. The van der Waals surface area contributed by atoms with E-state index in [1.165, 1.54) is 40.2 Å². The molecule has 2 aromatic rings. The van der Waals surface area contributed by atoms with Gasteiger partial charge in [0.05, 0.1) is 9.49 Å². The maximum Gasteiger partial charge on any atom is 0.0618 e. The highest BCUT2D eigenvalue weighted by molar-refractivity contribution is 8.09. The SMILES string of the molecule is CC12SC(/C=C\C=C\c3ccccc3)=CC1=C1CCCC1=C1C=C(/C=C/C=C/c3ccccc3)SC12C. The average molecular weight is 517 g/mol. The molecule has 2 heterocycles. The molecular formula is C35H32S2. The number of benzene rings is 2. The van der Waals surface area contributed by atoms with Gasteiger partial charge in [0.15, 0.2) is 0 Å². The van der Waals surface area contributed by atoms with Crippen molar-refractivity contribution in [3.8, 4) is 0 Å². The van der Waals surface area contributed by atoms with Crippen molar-refractivity contribution in [3.63, 3.8) is 0 Å². The summed E-state index contributed by atoms with van der Waals surface area (Å²) < 4.78 is 0.0654. The van der Waals surface area contributed by atoms with Crippen molar-refractivity contribution in [2.24, 2.45) is 0 Å². The maximum absolute atomic E-state index is 2.48. The van der Waals surface area contributed by atoms with E-state index in [0.29, 0.717) is 0 Å². The third kappa shape index (κ3) is 4.51. The Bertz CT molecular complexity index is 1330. The van der Waals surface area contributed by atoms with E-state index in [1.807, 2.05) is 0 Å². The Morgan fingerprint density at radius 3 is 1.41 bits per heavy atom. The third-order valence-electron chi connectivity index (χ3n) is 7.94. The van der Waals surface area contributed by atoms with Crippen LogP contribution in [0.4, 0.5) is 0 Å². The minimum absolute atomic E-state index is 0.0327. The number of fused-ring (bicyclic) bond motifs is 4. The van der Waals surface area contributed by atoms with Crippen LogP contribution in [0.25, 0.3) is 12.2 Å². The van der Waals surface area contributed by atoms with Gasteiger partial charge in [-0.1, -0.05) is 97.1 Å². The highest BCUT2D eigenvalue weighted by atomic mass is 32.2. The fourth-order valence-electron chi connectivity index (χ4n) is 5.92. The highest BCUT2D eigenvalue weighted by Crippen LogP contribution is 2.68. The molecule has 1 fully saturated rings. The molecule has 4 aliphatic rings. The van der Waals surface area contributed by atoms with Gasteiger partial charge in [-0.3, -0.25) is 0 Å². The summed E-state index contributed by atoms with van der Waals surface area (Å²) in [5.41, 5.74) is 8.84. The lowest BCUT2D eigenvalue weighted by atomic mass is 9.72. The Morgan fingerprint density at radius 1 is 0.568 bits per heavy atom. The number of hydrogen-bond acceptors (Lipinski definition) is 2. The monoisotopic (exact) mass is 516 g/mol. The predicted octanol–water partition coefficient (Wildman–Crippen LogP) is 10.1. The molecule has 0 amide bonds. The first-order valence-corrected chi connectivity index (χ1v) is 14.8. The van der Waals surface area contributed by atoms with Gasteiger partial charge in [-0.05, 0) is 90.8 Å². The number of hydrogen-bond donors (Lipinski definition) is 0. The summed E-state index contributed by atoms with van der Waals surface area (Å²) in [6.07, 6.45) is 26.3. The molecule has 2 aliphatic carbocycles. The van der Waals surface area contributed by atoms with Crippen molar-refractivity contribution in [1.82, 2.24) is 0 Å². The van der Waals surface area contributed by atoms with Crippen molar-refractivity contribution in [2.75, 3.05) is 0 Å². The van der Waals surface area contributed by atoms with E-state index in [1.54, 1.807) is 22.3 Å². The average Bonchev–Trinajstić information content (AvgIpc) is 3.62. The van der Waals surface area contributed by atoms with Gasteiger partial charge >= 0.3 is 0 Å². The second-order valence-corrected chi connectivity index (χ2v) is 13.2. The van der Waals surface area contributed by atoms with E-state index in [-0.39, 0.29) is 9.49 Å². The van der Waals surface area contributed by atoms with Crippen LogP contribution in [-0.4, -0.2) is 9.49 Å².